The molecule has 1 N–H and O–H groups in total. The first-order chi connectivity index (χ1) is 27.1. The van der Waals surface area contributed by atoms with Crippen molar-refractivity contribution in [3.63, 3.8) is 0 Å². The Labute approximate surface area is 328 Å². The second-order valence-corrected chi connectivity index (χ2v) is 16.8. The minimum Gasteiger partial charge on any atom is -0.388 e. The highest BCUT2D eigenvalue weighted by atomic mass is 16.5. The minimum absolute atomic E-state index is 0.0491. The molecule has 1 atom stereocenters. The molecule has 0 saturated heterocycles. The highest BCUT2D eigenvalue weighted by Gasteiger charge is 2.21. The third-order valence-corrected chi connectivity index (χ3v) is 12.1. The van der Waals surface area contributed by atoms with E-state index >= 15 is 0 Å². The lowest BCUT2D eigenvalue weighted by Crippen LogP contribution is -2.10. The summed E-state index contributed by atoms with van der Waals surface area (Å²) >= 11 is 0. The molecule has 2 heteroatoms. The number of aliphatic hydroxyl groups excluding tert-OH is 1. The van der Waals surface area contributed by atoms with Crippen molar-refractivity contribution in [1.82, 2.24) is 0 Å². The fourth-order valence-electron chi connectivity index (χ4n) is 8.98. The Kier molecular flexibility index (Phi) is 8.15. The fourth-order valence-corrected chi connectivity index (χ4v) is 8.98. The molecule has 0 amide bonds. The Morgan fingerprint density at radius 1 is 0.482 bits per heavy atom. The highest BCUT2D eigenvalue weighted by Crippen LogP contribution is 2.46. The number of hydrogen-bond donors (Lipinski definition) is 1. The summed E-state index contributed by atoms with van der Waals surface area (Å²) in [5.41, 5.74) is 8.49. The number of aliphatic hydroxyl groups is 1. The number of rotatable bonds is 7. The normalized spacial score (nSPS) is 13.0. The smallest absolute Gasteiger partial charge is 0.0787 e. The molecule has 274 valence electrons. The van der Waals surface area contributed by atoms with Crippen molar-refractivity contribution < 1.29 is 9.84 Å². The predicted octanol–water partition coefficient (Wildman–Crippen LogP) is 14.8. The SMILES string of the molecule is CCOCc1ccc2cc3cc(-c4cc(-c5ccc6cc7cc(C(O)CC)ccc7cc6c5)c5ccc6cc(C(C)(C)C)cc7ccc4c5c76)ccc3cc2c1. The van der Waals surface area contributed by atoms with Crippen LogP contribution in [0, 0.1) is 0 Å². The van der Waals surface area contributed by atoms with Crippen LogP contribution in [-0.4, -0.2) is 11.7 Å². The van der Waals surface area contributed by atoms with Crippen molar-refractivity contribution in [1.29, 1.82) is 0 Å². The summed E-state index contributed by atoms with van der Waals surface area (Å²) in [4.78, 5) is 0. The average Bonchev–Trinajstić information content (AvgIpc) is 3.21. The van der Waals surface area contributed by atoms with Crippen LogP contribution < -0.4 is 0 Å². The minimum atomic E-state index is -0.442. The zero-order chi connectivity index (χ0) is 38.3. The zero-order valence-corrected chi connectivity index (χ0v) is 32.8. The second-order valence-electron chi connectivity index (χ2n) is 16.8. The van der Waals surface area contributed by atoms with Crippen LogP contribution in [0.3, 0.4) is 0 Å². The van der Waals surface area contributed by atoms with Crippen LogP contribution in [0.2, 0.25) is 0 Å². The van der Waals surface area contributed by atoms with Crippen molar-refractivity contribution in [2.45, 2.75) is 59.2 Å². The first kappa shape index (κ1) is 34.7. The van der Waals surface area contributed by atoms with Crippen molar-refractivity contribution >= 4 is 75.4 Å². The molecule has 10 rings (SSSR count). The molecule has 0 aliphatic heterocycles. The molecule has 2 nitrogen and oxygen atoms in total. The molecule has 56 heavy (non-hydrogen) atoms. The van der Waals surface area contributed by atoms with Crippen LogP contribution >= 0.6 is 0 Å². The van der Waals surface area contributed by atoms with Gasteiger partial charge in [-0.25, -0.2) is 0 Å². The molecular weight excluding hydrogens is 681 g/mol. The lowest BCUT2D eigenvalue weighted by atomic mass is 9.81. The Morgan fingerprint density at radius 2 is 0.982 bits per heavy atom. The molecule has 10 aromatic rings. The maximum Gasteiger partial charge on any atom is 0.0787 e. The second kappa shape index (κ2) is 13.2. The molecular formula is C54H46O2. The number of hydrogen-bond acceptors (Lipinski definition) is 2. The molecule has 0 spiro atoms. The van der Waals surface area contributed by atoms with Gasteiger partial charge in [-0.05, 0) is 188 Å². The average molecular weight is 727 g/mol. The first-order valence-electron chi connectivity index (χ1n) is 20.1. The van der Waals surface area contributed by atoms with Gasteiger partial charge in [0.2, 0.25) is 0 Å². The van der Waals surface area contributed by atoms with Gasteiger partial charge in [-0.15, -0.1) is 0 Å². The molecule has 0 bridgehead atoms. The van der Waals surface area contributed by atoms with Gasteiger partial charge in [0.25, 0.3) is 0 Å². The van der Waals surface area contributed by atoms with E-state index in [2.05, 4.69) is 160 Å². The summed E-state index contributed by atoms with van der Waals surface area (Å²) < 4.78 is 5.71. The van der Waals surface area contributed by atoms with Crippen molar-refractivity contribution in [2.24, 2.45) is 0 Å². The van der Waals surface area contributed by atoms with Crippen LogP contribution in [0.15, 0.2) is 140 Å². The number of benzene rings is 10. The van der Waals surface area contributed by atoms with E-state index in [-0.39, 0.29) is 5.41 Å². The van der Waals surface area contributed by atoms with Gasteiger partial charge in [0.1, 0.15) is 0 Å². The summed E-state index contributed by atoms with van der Waals surface area (Å²) in [6, 6.07) is 52.8. The lowest BCUT2D eigenvalue weighted by Gasteiger charge is -2.23. The van der Waals surface area contributed by atoms with E-state index < -0.39 is 6.10 Å². The molecule has 0 saturated carbocycles. The number of fused-ring (bicyclic) bond motifs is 4. The first-order valence-corrected chi connectivity index (χ1v) is 20.1. The lowest BCUT2D eigenvalue weighted by molar-refractivity contribution is 0.134. The van der Waals surface area contributed by atoms with Gasteiger partial charge in [0, 0.05) is 6.61 Å². The molecule has 0 fully saturated rings. The van der Waals surface area contributed by atoms with Crippen LogP contribution in [0.25, 0.3) is 97.7 Å². The molecule has 0 aliphatic carbocycles. The zero-order valence-electron chi connectivity index (χ0n) is 32.8. The summed E-state index contributed by atoms with van der Waals surface area (Å²) in [6.07, 6.45) is 0.260. The fraction of sp³-hybridized carbons (Fsp3) is 0.185. The molecule has 0 heterocycles. The third kappa shape index (κ3) is 5.79. The molecule has 0 aliphatic rings. The monoisotopic (exact) mass is 726 g/mol. The van der Waals surface area contributed by atoms with Crippen molar-refractivity contribution in [3.05, 3.63) is 156 Å². The van der Waals surface area contributed by atoms with E-state index in [0.29, 0.717) is 19.6 Å². The Hall–Kier alpha value is -5.80. The van der Waals surface area contributed by atoms with E-state index in [1.807, 2.05) is 13.8 Å². The van der Waals surface area contributed by atoms with Crippen LogP contribution in [-0.2, 0) is 16.8 Å². The summed E-state index contributed by atoms with van der Waals surface area (Å²) in [5, 5.41) is 28.0. The van der Waals surface area contributed by atoms with E-state index in [1.165, 1.54) is 103 Å². The van der Waals surface area contributed by atoms with Gasteiger partial charge in [0.15, 0.2) is 0 Å². The largest absolute Gasteiger partial charge is 0.388 e. The van der Waals surface area contributed by atoms with E-state index in [9.17, 15) is 5.11 Å². The standard InChI is InChI=1S/C54H46O2/c1-6-51(55)39-15-12-36-23-44-26-38(14-11-35(44)24-45(36)27-39)50-30-49(37-13-10-34-21-42-20-32(31-56-7-2)8-9-33(42)22-43(34)25-37)47-18-16-40-28-46(54(3,4)5)29-41-17-19-48(50)53(47)52(40)41/h8-30,51,55H,6-7,31H2,1-5H3. The molecule has 1 unspecified atom stereocenters. The van der Waals surface area contributed by atoms with Crippen LogP contribution in [0.1, 0.15) is 63.8 Å². The van der Waals surface area contributed by atoms with Gasteiger partial charge in [-0.2, -0.15) is 0 Å². The van der Waals surface area contributed by atoms with Gasteiger partial charge in [-0.1, -0.05) is 113 Å². The summed E-state index contributed by atoms with van der Waals surface area (Å²) in [7, 11) is 0. The van der Waals surface area contributed by atoms with Crippen molar-refractivity contribution in [2.75, 3.05) is 6.61 Å². The summed E-state index contributed by atoms with van der Waals surface area (Å²) in [5.74, 6) is 0. The molecule has 10 aromatic carbocycles. The van der Waals surface area contributed by atoms with Crippen molar-refractivity contribution in [3.8, 4) is 22.3 Å². The Morgan fingerprint density at radius 3 is 1.52 bits per heavy atom. The Bertz CT molecular complexity index is 3140. The topological polar surface area (TPSA) is 29.5 Å². The quantitative estimate of drug-likeness (QED) is 0.131. The van der Waals surface area contributed by atoms with Gasteiger partial charge < -0.3 is 9.84 Å². The molecule has 0 radical (unpaired) electrons. The van der Waals surface area contributed by atoms with E-state index in [4.69, 9.17) is 4.74 Å². The molecule has 0 aromatic heterocycles. The van der Waals surface area contributed by atoms with E-state index in [0.717, 1.165) is 10.9 Å². The summed E-state index contributed by atoms with van der Waals surface area (Å²) in [6.45, 7) is 12.3. The van der Waals surface area contributed by atoms with Crippen LogP contribution in [0.4, 0.5) is 0 Å². The Balaban J connectivity index is 1.20. The van der Waals surface area contributed by atoms with Crippen LogP contribution in [0.5, 0.6) is 0 Å². The number of ether oxygens (including phenoxy) is 1. The highest BCUT2D eigenvalue weighted by molar-refractivity contribution is 6.28. The van der Waals surface area contributed by atoms with Gasteiger partial charge >= 0.3 is 0 Å². The van der Waals surface area contributed by atoms with Gasteiger partial charge in [-0.3, -0.25) is 0 Å². The third-order valence-electron chi connectivity index (χ3n) is 12.1. The maximum absolute atomic E-state index is 10.5. The predicted molar refractivity (Wildman–Crippen MR) is 240 cm³/mol. The van der Waals surface area contributed by atoms with Gasteiger partial charge in [0.05, 0.1) is 12.7 Å². The van der Waals surface area contributed by atoms with E-state index in [1.54, 1.807) is 0 Å². The maximum atomic E-state index is 10.5.